The molecule has 1 rings (SSSR count). The first-order valence-corrected chi connectivity index (χ1v) is 5.26. The highest BCUT2D eigenvalue weighted by molar-refractivity contribution is 5.99. The molecule has 0 heterocycles. The van der Waals surface area contributed by atoms with Gasteiger partial charge in [-0.2, -0.15) is 0 Å². The zero-order valence-electron chi connectivity index (χ0n) is 10.3. The standard InChI is InChI=1S/C12H15N3O3/c1-8(2)7-14(3)12(16)10-6-9(15(17)18)4-5-11(10)13/h4-6H,1,7,13H2,2-3H3. The number of hydrogen-bond acceptors (Lipinski definition) is 4. The summed E-state index contributed by atoms with van der Waals surface area (Å²) in [4.78, 5) is 23.6. The molecule has 1 aromatic carbocycles. The van der Waals surface area contributed by atoms with E-state index in [1.165, 1.54) is 23.1 Å². The third-order valence-corrected chi connectivity index (χ3v) is 2.33. The number of anilines is 1. The predicted molar refractivity (Wildman–Crippen MR) is 69.3 cm³/mol. The Morgan fingerprint density at radius 1 is 1.56 bits per heavy atom. The molecule has 6 nitrogen and oxygen atoms in total. The fourth-order valence-electron chi connectivity index (χ4n) is 1.53. The summed E-state index contributed by atoms with van der Waals surface area (Å²) in [7, 11) is 1.59. The van der Waals surface area contributed by atoms with Crippen LogP contribution in [0.15, 0.2) is 30.4 Å². The number of non-ortho nitro benzene ring substituents is 1. The molecule has 6 heteroatoms. The molecular weight excluding hydrogens is 234 g/mol. The third-order valence-electron chi connectivity index (χ3n) is 2.33. The van der Waals surface area contributed by atoms with Crippen LogP contribution in [0.3, 0.4) is 0 Å². The lowest BCUT2D eigenvalue weighted by Crippen LogP contribution is -2.28. The Kier molecular flexibility index (Phi) is 4.04. The molecule has 0 spiro atoms. The predicted octanol–water partition coefficient (Wildman–Crippen LogP) is 1.83. The van der Waals surface area contributed by atoms with E-state index in [-0.39, 0.29) is 22.8 Å². The Bertz CT molecular complexity index is 511. The summed E-state index contributed by atoms with van der Waals surface area (Å²) in [5.41, 5.74) is 6.68. The largest absolute Gasteiger partial charge is 0.398 e. The van der Waals surface area contributed by atoms with Gasteiger partial charge >= 0.3 is 0 Å². The van der Waals surface area contributed by atoms with E-state index in [0.717, 1.165) is 5.57 Å². The van der Waals surface area contributed by atoms with E-state index in [1.54, 1.807) is 14.0 Å². The molecule has 0 unspecified atom stereocenters. The average Bonchev–Trinajstić information content (AvgIpc) is 2.27. The van der Waals surface area contributed by atoms with Crippen molar-refractivity contribution in [1.82, 2.24) is 4.90 Å². The van der Waals surface area contributed by atoms with E-state index < -0.39 is 4.92 Å². The smallest absolute Gasteiger partial charge is 0.270 e. The number of nitro groups is 1. The summed E-state index contributed by atoms with van der Waals surface area (Å²) in [6, 6.07) is 3.82. The number of carbonyl (C=O) groups excluding carboxylic acids is 1. The second-order valence-electron chi connectivity index (χ2n) is 4.15. The molecule has 0 radical (unpaired) electrons. The van der Waals surface area contributed by atoms with Gasteiger partial charge in [0.2, 0.25) is 0 Å². The highest BCUT2D eigenvalue weighted by atomic mass is 16.6. The lowest BCUT2D eigenvalue weighted by molar-refractivity contribution is -0.384. The summed E-state index contributed by atoms with van der Waals surface area (Å²) < 4.78 is 0. The zero-order chi connectivity index (χ0) is 13.9. The van der Waals surface area contributed by atoms with Gasteiger partial charge in [-0.3, -0.25) is 14.9 Å². The minimum Gasteiger partial charge on any atom is -0.398 e. The molecule has 1 aromatic rings. The summed E-state index contributed by atoms with van der Waals surface area (Å²) in [5, 5.41) is 10.7. The van der Waals surface area contributed by atoms with Crippen molar-refractivity contribution >= 4 is 17.3 Å². The van der Waals surface area contributed by atoms with Crippen LogP contribution in [0.4, 0.5) is 11.4 Å². The van der Waals surface area contributed by atoms with Crippen molar-refractivity contribution in [3.05, 3.63) is 46.0 Å². The fraction of sp³-hybridized carbons (Fsp3) is 0.250. The molecule has 0 saturated carbocycles. The number of nitrogens with zero attached hydrogens (tertiary/aromatic N) is 2. The molecule has 0 saturated heterocycles. The van der Waals surface area contributed by atoms with Gasteiger partial charge in [-0.05, 0) is 13.0 Å². The number of likely N-dealkylation sites (N-methyl/N-ethyl adjacent to an activating group) is 1. The third kappa shape index (κ3) is 3.07. The van der Waals surface area contributed by atoms with E-state index in [2.05, 4.69) is 6.58 Å². The second kappa shape index (κ2) is 5.31. The first kappa shape index (κ1) is 13.7. The Hall–Kier alpha value is -2.37. The van der Waals surface area contributed by atoms with E-state index >= 15 is 0 Å². The van der Waals surface area contributed by atoms with E-state index in [4.69, 9.17) is 5.73 Å². The van der Waals surface area contributed by atoms with Gasteiger partial charge in [0.05, 0.1) is 10.5 Å². The van der Waals surface area contributed by atoms with Gasteiger partial charge in [0.15, 0.2) is 0 Å². The van der Waals surface area contributed by atoms with Crippen molar-refractivity contribution in [3.63, 3.8) is 0 Å². The number of amides is 1. The van der Waals surface area contributed by atoms with E-state index in [1.807, 2.05) is 0 Å². The Balaban J connectivity index is 3.08. The van der Waals surface area contributed by atoms with Crippen molar-refractivity contribution in [2.45, 2.75) is 6.92 Å². The van der Waals surface area contributed by atoms with Crippen molar-refractivity contribution < 1.29 is 9.72 Å². The molecule has 0 aliphatic carbocycles. The van der Waals surface area contributed by atoms with Crippen LogP contribution in [0.5, 0.6) is 0 Å². The molecule has 0 atom stereocenters. The number of benzene rings is 1. The van der Waals surface area contributed by atoms with Gasteiger partial charge in [-0.1, -0.05) is 12.2 Å². The molecule has 0 bridgehead atoms. The van der Waals surface area contributed by atoms with Gasteiger partial charge in [-0.15, -0.1) is 0 Å². The Labute approximate surface area is 105 Å². The topological polar surface area (TPSA) is 89.5 Å². The fourth-order valence-corrected chi connectivity index (χ4v) is 1.53. The van der Waals surface area contributed by atoms with Crippen LogP contribution in [0.2, 0.25) is 0 Å². The second-order valence-corrected chi connectivity index (χ2v) is 4.15. The highest BCUT2D eigenvalue weighted by Crippen LogP contribution is 2.21. The summed E-state index contributed by atoms with van der Waals surface area (Å²) in [6.07, 6.45) is 0. The maximum atomic E-state index is 12.1. The Morgan fingerprint density at radius 2 is 2.17 bits per heavy atom. The Morgan fingerprint density at radius 3 is 2.67 bits per heavy atom. The zero-order valence-corrected chi connectivity index (χ0v) is 10.3. The van der Waals surface area contributed by atoms with E-state index in [0.29, 0.717) is 6.54 Å². The minimum atomic E-state index is -0.561. The molecule has 96 valence electrons. The first-order chi connectivity index (χ1) is 8.32. The molecular formula is C12H15N3O3. The molecule has 1 amide bonds. The number of nitrogens with two attached hydrogens (primary N) is 1. The van der Waals surface area contributed by atoms with Crippen molar-refractivity contribution in [2.75, 3.05) is 19.3 Å². The number of nitrogen functional groups attached to an aromatic ring is 1. The number of nitro benzene ring substituents is 1. The molecule has 18 heavy (non-hydrogen) atoms. The van der Waals surface area contributed by atoms with Gasteiger partial charge in [0, 0.05) is 31.4 Å². The van der Waals surface area contributed by atoms with Crippen molar-refractivity contribution in [1.29, 1.82) is 0 Å². The minimum absolute atomic E-state index is 0.132. The summed E-state index contributed by atoms with van der Waals surface area (Å²) in [5.74, 6) is -0.362. The highest BCUT2D eigenvalue weighted by Gasteiger charge is 2.18. The monoisotopic (exact) mass is 249 g/mol. The number of rotatable bonds is 4. The van der Waals surface area contributed by atoms with Crippen LogP contribution in [0.25, 0.3) is 0 Å². The summed E-state index contributed by atoms with van der Waals surface area (Å²) >= 11 is 0. The maximum absolute atomic E-state index is 12.1. The van der Waals surface area contributed by atoms with Crippen LogP contribution >= 0.6 is 0 Å². The molecule has 0 aliphatic rings. The average molecular weight is 249 g/mol. The molecule has 0 aliphatic heterocycles. The number of hydrogen-bond donors (Lipinski definition) is 1. The van der Waals surface area contributed by atoms with Crippen LogP contribution in [0, 0.1) is 10.1 Å². The van der Waals surface area contributed by atoms with Crippen LogP contribution in [-0.2, 0) is 0 Å². The molecule has 0 fully saturated rings. The van der Waals surface area contributed by atoms with Gasteiger partial charge in [-0.25, -0.2) is 0 Å². The van der Waals surface area contributed by atoms with Crippen molar-refractivity contribution in [3.8, 4) is 0 Å². The quantitative estimate of drug-likeness (QED) is 0.381. The van der Waals surface area contributed by atoms with Gasteiger partial charge in [0.1, 0.15) is 0 Å². The lowest BCUT2D eigenvalue weighted by atomic mass is 10.1. The van der Waals surface area contributed by atoms with Crippen molar-refractivity contribution in [2.24, 2.45) is 0 Å². The summed E-state index contributed by atoms with van der Waals surface area (Å²) in [6.45, 7) is 5.87. The maximum Gasteiger partial charge on any atom is 0.270 e. The van der Waals surface area contributed by atoms with E-state index in [9.17, 15) is 14.9 Å². The lowest BCUT2D eigenvalue weighted by Gasteiger charge is -2.17. The van der Waals surface area contributed by atoms with Gasteiger partial charge in [0.25, 0.3) is 11.6 Å². The van der Waals surface area contributed by atoms with Gasteiger partial charge < -0.3 is 10.6 Å². The van der Waals surface area contributed by atoms with Crippen LogP contribution in [0.1, 0.15) is 17.3 Å². The molecule has 0 aromatic heterocycles. The van der Waals surface area contributed by atoms with Crippen LogP contribution in [-0.4, -0.2) is 29.3 Å². The first-order valence-electron chi connectivity index (χ1n) is 5.26. The normalized spacial score (nSPS) is 9.89. The number of carbonyl (C=O) groups is 1. The SMILES string of the molecule is C=C(C)CN(C)C(=O)c1cc([N+](=O)[O-])ccc1N. The van der Waals surface area contributed by atoms with Crippen LogP contribution < -0.4 is 5.73 Å². The molecule has 2 N–H and O–H groups in total.